The molecule has 0 aromatic heterocycles. The average Bonchev–Trinajstić information content (AvgIpc) is 2.37. The molecule has 3 N–H and O–H groups in total. The minimum atomic E-state index is -0.496. The third-order valence-electron chi connectivity index (χ3n) is 1.87. The maximum Gasteiger partial charge on any atom is 0.223 e. The van der Waals surface area contributed by atoms with Gasteiger partial charge in [0, 0.05) is 12.5 Å². The molecule has 0 radical (unpaired) electrons. The zero-order valence-corrected chi connectivity index (χ0v) is 7.43. The highest BCUT2D eigenvalue weighted by molar-refractivity contribution is 5.85. The second-order valence-corrected chi connectivity index (χ2v) is 2.75. The van der Waals surface area contributed by atoms with Crippen LogP contribution >= 0.6 is 12.4 Å². The Labute approximate surface area is 77.5 Å². The van der Waals surface area contributed by atoms with Crippen LogP contribution < -0.4 is 11.1 Å². The molecule has 1 fully saturated rings. The van der Waals surface area contributed by atoms with Gasteiger partial charge in [0.2, 0.25) is 5.91 Å². The van der Waals surface area contributed by atoms with Gasteiger partial charge in [-0.05, 0) is 12.8 Å². The van der Waals surface area contributed by atoms with E-state index in [0.29, 0.717) is 6.42 Å². The molecule has 1 unspecified atom stereocenters. The summed E-state index contributed by atoms with van der Waals surface area (Å²) in [6.07, 6.45) is 1.30. The lowest BCUT2D eigenvalue weighted by Gasteiger charge is -2.06. The molecular formula is C7H12ClN3O. The minimum absolute atomic E-state index is 0. The Morgan fingerprint density at radius 2 is 2.50 bits per heavy atom. The summed E-state index contributed by atoms with van der Waals surface area (Å²) < 4.78 is 0. The zero-order chi connectivity index (χ0) is 8.27. The van der Waals surface area contributed by atoms with E-state index in [9.17, 15) is 4.79 Å². The SMILES string of the molecule is Cl.N#C[C@@H](N)CC1CCNC1=O. The number of nitriles is 1. The van der Waals surface area contributed by atoms with Gasteiger partial charge in [0.25, 0.3) is 0 Å². The maximum atomic E-state index is 10.9. The van der Waals surface area contributed by atoms with Crippen LogP contribution in [0.1, 0.15) is 12.8 Å². The molecule has 1 amide bonds. The lowest BCUT2D eigenvalue weighted by Crippen LogP contribution is -2.26. The van der Waals surface area contributed by atoms with Gasteiger partial charge >= 0.3 is 0 Å². The van der Waals surface area contributed by atoms with Gasteiger partial charge in [0.15, 0.2) is 0 Å². The highest BCUT2D eigenvalue weighted by Gasteiger charge is 2.25. The van der Waals surface area contributed by atoms with Crippen LogP contribution in [0.3, 0.4) is 0 Å². The maximum absolute atomic E-state index is 10.9. The molecule has 5 heteroatoms. The molecule has 1 heterocycles. The fourth-order valence-corrected chi connectivity index (χ4v) is 1.23. The summed E-state index contributed by atoms with van der Waals surface area (Å²) in [6.45, 7) is 0.724. The molecule has 0 aromatic carbocycles. The summed E-state index contributed by atoms with van der Waals surface area (Å²) in [4.78, 5) is 10.9. The Balaban J connectivity index is 0.00000121. The molecule has 0 saturated carbocycles. The quantitative estimate of drug-likeness (QED) is 0.631. The highest BCUT2D eigenvalue weighted by Crippen LogP contribution is 2.14. The number of halogens is 1. The van der Waals surface area contributed by atoms with E-state index in [0.717, 1.165) is 13.0 Å². The van der Waals surface area contributed by atoms with Crippen molar-refractivity contribution in [1.82, 2.24) is 5.32 Å². The molecule has 68 valence electrons. The van der Waals surface area contributed by atoms with Crippen molar-refractivity contribution in [3.63, 3.8) is 0 Å². The van der Waals surface area contributed by atoms with E-state index in [2.05, 4.69) is 5.32 Å². The topological polar surface area (TPSA) is 78.9 Å². The Hall–Kier alpha value is -0.790. The predicted octanol–water partition coefficient (Wildman–Crippen LogP) is -0.215. The molecule has 0 bridgehead atoms. The van der Waals surface area contributed by atoms with Gasteiger partial charge in [0.05, 0.1) is 12.1 Å². The lowest BCUT2D eigenvalue weighted by molar-refractivity contribution is -0.122. The molecule has 1 rings (SSSR count). The van der Waals surface area contributed by atoms with Crippen LogP contribution in [-0.4, -0.2) is 18.5 Å². The van der Waals surface area contributed by atoms with Gasteiger partial charge in [-0.3, -0.25) is 4.79 Å². The van der Waals surface area contributed by atoms with Gasteiger partial charge in [-0.1, -0.05) is 0 Å². The molecule has 4 nitrogen and oxygen atoms in total. The minimum Gasteiger partial charge on any atom is -0.356 e. The molecule has 0 aromatic rings. The van der Waals surface area contributed by atoms with Crippen molar-refractivity contribution in [2.75, 3.05) is 6.54 Å². The molecule has 1 aliphatic rings. The molecule has 0 spiro atoms. The normalized spacial score (nSPS) is 23.7. The molecule has 12 heavy (non-hydrogen) atoms. The first-order chi connectivity index (χ1) is 5.24. The van der Waals surface area contributed by atoms with Gasteiger partial charge in [-0.15, -0.1) is 12.4 Å². The number of rotatable bonds is 2. The third-order valence-corrected chi connectivity index (χ3v) is 1.87. The first-order valence-corrected chi connectivity index (χ1v) is 3.67. The van der Waals surface area contributed by atoms with E-state index < -0.39 is 6.04 Å². The Bertz CT molecular complexity index is 201. The number of amides is 1. The van der Waals surface area contributed by atoms with Crippen molar-refractivity contribution in [3.05, 3.63) is 0 Å². The van der Waals surface area contributed by atoms with Gasteiger partial charge in [-0.25, -0.2) is 0 Å². The number of nitrogens with two attached hydrogens (primary N) is 1. The van der Waals surface area contributed by atoms with Gasteiger partial charge in [0.1, 0.15) is 0 Å². The number of carbonyl (C=O) groups excluding carboxylic acids is 1. The summed E-state index contributed by atoms with van der Waals surface area (Å²) in [7, 11) is 0. The van der Waals surface area contributed by atoms with E-state index in [-0.39, 0.29) is 24.2 Å². The van der Waals surface area contributed by atoms with Crippen molar-refractivity contribution in [2.45, 2.75) is 18.9 Å². The van der Waals surface area contributed by atoms with Gasteiger partial charge in [-0.2, -0.15) is 5.26 Å². The summed E-state index contributed by atoms with van der Waals surface area (Å²) >= 11 is 0. The smallest absolute Gasteiger partial charge is 0.223 e. The van der Waals surface area contributed by atoms with E-state index in [4.69, 9.17) is 11.0 Å². The lowest BCUT2D eigenvalue weighted by atomic mass is 10.00. The molecule has 1 saturated heterocycles. The Kier molecular flexibility index (Phi) is 4.64. The van der Waals surface area contributed by atoms with Crippen LogP contribution in [0.5, 0.6) is 0 Å². The zero-order valence-electron chi connectivity index (χ0n) is 6.62. The number of nitrogens with zero attached hydrogens (tertiary/aromatic N) is 1. The van der Waals surface area contributed by atoms with E-state index in [1.54, 1.807) is 0 Å². The van der Waals surface area contributed by atoms with Crippen molar-refractivity contribution in [2.24, 2.45) is 11.7 Å². The summed E-state index contributed by atoms with van der Waals surface area (Å²) in [5.41, 5.74) is 5.37. The Morgan fingerprint density at radius 3 is 2.92 bits per heavy atom. The van der Waals surface area contributed by atoms with Crippen LogP contribution in [0.4, 0.5) is 0 Å². The second-order valence-electron chi connectivity index (χ2n) is 2.75. The van der Waals surface area contributed by atoms with Crippen LogP contribution in [0.25, 0.3) is 0 Å². The average molecular weight is 190 g/mol. The number of hydrogen-bond donors (Lipinski definition) is 2. The molecule has 0 aliphatic carbocycles. The molecular weight excluding hydrogens is 178 g/mol. The first kappa shape index (κ1) is 11.2. The summed E-state index contributed by atoms with van der Waals surface area (Å²) in [5, 5.41) is 11.1. The van der Waals surface area contributed by atoms with Crippen LogP contribution in [0.15, 0.2) is 0 Å². The van der Waals surface area contributed by atoms with Crippen molar-refractivity contribution in [1.29, 1.82) is 5.26 Å². The van der Waals surface area contributed by atoms with E-state index >= 15 is 0 Å². The summed E-state index contributed by atoms with van der Waals surface area (Å²) in [6, 6.07) is 1.41. The monoisotopic (exact) mass is 189 g/mol. The largest absolute Gasteiger partial charge is 0.356 e. The van der Waals surface area contributed by atoms with Gasteiger partial charge < -0.3 is 11.1 Å². The number of carbonyl (C=O) groups is 1. The highest BCUT2D eigenvalue weighted by atomic mass is 35.5. The second kappa shape index (κ2) is 4.96. The van der Waals surface area contributed by atoms with Crippen LogP contribution in [-0.2, 0) is 4.79 Å². The van der Waals surface area contributed by atoms with Crippen LogP contribution in [0, 0.1) is 17.2 Å². The summed E-state index contributed by atoms with van der Waals surface area (Å²) in [5.74, 6) is 0.000324. The fraction of sp³-hybridized carbons (Fsp3) is 0.714. The predicted molar refractivity (Wildman–Crippen MR) is 46.6 cm³/mol. The Morgan fingerprint density at radius 1 is 1.83 bits per heavy atom. The van der Waals surface area contributed by atoms with Crippen molar-refractivity contribution < 1.29 is 4.79 Å². The third kappa shape index (κ3) is 2.68. The first-order valence-electron chi connectivity index (χ1n) is 3.67. The standard InChI is InChI=1S/C7H11N3O.ClH/c8-4-6(9)3-5-1-2-10-7(5)11;/h5-6H,1-3,9H2,(H,10,11);1H/t5?,6-;/m0./s1. The fourth-order valence-electron chi connectivity index (χ4n) is 1.23. The number of hydrogen-bond acceptors (Lipinski definition) is 3. The van der Waals surface area contributed by atoms with Crippen LogP contribution in [0.2, 0.25) is 0 Å². The van der Waals surface area contributed by atoms with Crippen molar-refractivity contribution >= 4 is 18.3 Å². The molecule has 2 atom stereocenters. The van der Waals surface area contributed by atoms with E-state index in [1.807, 2.05) is 6.07 Å². The molecule has 1 aliphatic heterocycles. The van der Waals surface area contributed by atoms with E-state index in [1.165, 1.54) is 0 Å². The van der Waals surface area contributed by atoms with Crippen molar-refractivity contribution in [3.8, 4) is 6.07 Å². The number of nitrogens with one attached hydrogen (secondary N) is 1.